The second-order valence-corrected chi connectivity index (χ2v) is 5.95. The summed E-state index contributed by atoms with van der Waals surface area (Å²) in [5.41, 5.74) is 8.00. The van der Waals surface area contributed by atoms with E-state index in [-0.39, 0.29) is 6.03 Å². The van der Waals surface area contributed by atoms with Gasteiger partial charge in [-0.15, -0.1) is 0 Å². The smallest absolute Gasteiger partial charge is 0.315 e. The van der Waals surface area contributed by atoms with Gasteiger partial charge in [0.05, 0.1) is 31.2 Å². The number of carbonyl (C=O) groups is 1. The summed E-state index contributed by atoms with van der Waals surface area (Å²) >= 11 is 0. The fourth-order valence-electron chi connectivity index (χ4n) is 2.28. The number of allylic oxidation sites excluding steroid dienone is 1. The van der Waals surface area contributed by atoms with Crippen molar-refractivity contribution in [2.75, 3.05) is 32.0 Å². The Morgan fingerprint density at radius 3 is 2.52 bits per heavy atom. The Morgan fingerprint density at radius 1 is 1.19 bits per heavy atom. The van der Waals surface area contributed by atoms with Crippen LogP contribution in [-0.4, -0.2) is 37.4 Å². The second kappa shape index (κ2) is 12.6. The summed E-state index contributed by atoms with van der Waals surface area (Å²) < 4.78 is 5.31. The molecule has 0 aliphatic heterocycles. The molecule has 7 heteroatoms. The van der Waals surface area contributed by atoms with Crippen LogP contribution in [0.4, 0.5) is 10.5 Å². The van der Waals surface area contributed by atoms with Gasteiger partial charge in [0.25, 0.3) is 0 Å². The average molecular weight is 377 g/mol. The number of urea groups is 1. The molecule has 4 N–H and O–H groups in total. The molecule has 7 nitrogen and oxygen atoms in total. The molecule has 0 unspecified atom stereocenters. The average Bonchev–Trinajstić information content (AvgIpc) is 2.66. The number of carbonyl (C=O) groups excluding carboxylic acids is 1. The van der Waals surface area contributed by atoms with Gasteiger partial charge in [0, 0.05) is 25.2 Å². The predicted molar refractivity (Wildman–Crippen MR) is 109 cm³/mol. The lowest BCUT2D eigenvalue weighted by atomic mass is 10.2. The van der Waals surface area contributed by atoms with Crippen molar-refractivity contribution in [1.82, 2.24) is 15.7 Å². The molecule has 0 bridgehead atoms. The number of amides is 2. The largest absolute Gasteiger partial charge is 0.499 e. The van der Waals surface area contributed by atoms with E-state index >= 15 is 0 Å². The maximum atomic E-state index is 11.9. The molecule has 0 radical (unpaired) electrons. The van der Waals surface area contributed by atoms with Crippen molar-refractivity contribution < 1.29 is 14.4 Å². The zero-order valence-electron chi connectivity index (χ0n) is 16.4. The van der Waals surface area contributed by atoms with Crippen LogP contribution in [0.25, 0.3) is 0 Å². The van der Waals surface area contributed by atoms with E-state index in [1.807, 2.05) is 26.0 Å². The van der Waals surface area contributed by atoms with Gasteiger partial charge in [-0.25, -0.2) is 4.79 Å². The molecule has 0 heterocycles. The topological polar surface area (TPSA) is 88.9 Å². The van der Waals surface area contributed by atoms with E-state index in [2.05, 4.69) is 23.8 Å². The molecule has 0 fully saturated rings. The fraction of sp³-hybridized carbons (Fsp3) is 0.450. The second-order valence-electron chi connectivity index (χ2n) is 5.95. The lowest BCUT2D eigenvalue weighted by molar-refractivity contribution is -0.129. The number of nitrogen functional groups attached to an aromatic ring is 1. The molecule has 0 aliphatic carbocycles. The first-order valence-corrected chi connectivity index (χ1v) is 9.21. The molecule has 1 aromatic rings. The lowest BCUT2D eigenvalue weighted by Crippen LogP contribution is -2.38. The molecule has 2 amide bonds. The lowest BCUT2D eigenvalue weighted by Gasteiger charge is -2.24. The van der Waals surface area contributed by atoms with Crippen LogP contribution < -0.4 is 16.4 Å². The Kier molecular flexibility index (Phi) is 10.5. The van der Waals surface area contributed by atoms with Crippen LogP contribution in [0.1, 0.15) is 32.3 Å². The highest BCUT2D eigenvalue weighted by Crippen LogP contribution is 2.07. The Hall–Kier alpha value is -2.67. The van der Waals surface area contributed by atoms with Gasteiger partial charge in [-0.2, -0.15) is 0 Å². The van der Waals surface area contributed by atoms with Crippen LogP contribution in [0.3, 0.4) is 0 Å². The van der Waals surface area contributed by atoms with E-state index in [1.54, 1.807) is 17.2 Å². The third kappa shape index (κ3) is 9.55. The fourth-order valence-corrected chi connectivity index (χ4v) is 2.28. The van der Waals surface area contributed by atoms with Gasteiger partial charge in [0.2, 0.25) is 0 Å². The van der Waals surface area contributed by atoms with Crippen molar-refractivity contribution in [2.24, 2.45) is 0 Å². The third-order valence-electron chi connectivity index (χ3n) is 3.72. The van der Waals surface area contributed by atoms with Gasteiger partial charge >= 0.3 is 6.03 Å². The molecule has 0 spiro atoms. The summed E-state index contributed by atoms with van der Waals surface area (Å²) in [6.45, 7) is 14.2. The van der Waals surface area contributed by atoms with Gasteiger partial charge < -0.3 is 21.1 Å². The highest BCUT2D eigenvalue weighted by molar-refractivity contribution is 5.74. The number of hydrogen-bond donors (Lipinski definition) is 3. The number of hydroxylamine groups is 2. The third-order valence-corrected chi connectivity index (χ3v) is 3.72. The summed E-state index contributed by atoms with van der Waals surface area (Å²) in [6.07, 6.45) is 1.56. The van der Waals surface area contributed by atoms with Crippen molar-refractivity contribution in [2.45, 2.75) is 33.2 Å². The number of hydrogen-bond acceptors (Lipinski definition) is 5. The molecule has 0 aliphatic rings. The standard InChI is InChI=1S/C20H32N4O3/c1-5-24(27-13-7-8-17(4)26-6-2)16(3)14-22-20(25)23-15-18-9-11-19(21)12-10-18/h9-12H,3-8,13-15,21H2,1-2H3,(H2,22,23,25). The van der Waals surface area contributed by atoms with Crippen molar-refractivity contribution in [1.29, 1.82) is 0 Å². The van der Waals surface area contributed by atoms with Crippen molar-refractivity contribution >= 4 is 11.7 Å². The number of likely N-dealkylation sites (N-methyl/N-ethyl adjacent to an activating group) is 1. The first-order chi connectivity index (χ1) is 13.0. The molecule has 0 aromatic heterocycles. The van der Waals surface area contributed by atoms with Crippen LogP contribution in [0.5, 0.6) is 0 Å². The number of ether oxygens (including phenoxy) is 1. The number of nitrogens with one attached hydrogen (secondary N) is 2. The van der Waals surface area contributed by atoms with Gasteiger partial charge in [-0.3, -0.25) is 9.90 Å². The van der Waals surface area contributed by atoms with E-state index < -0.39 is 0 Å². The summed E-state index contributed by atoms with van der Waals surface area (Å²) in [5.74, 6) is 0.766. The summed E-state index contributed by atoms with van der Waals surface area (Å²) in [5, 5.41) is 7.25. The van der Waals surface area contributed by atoms with E-state index in [1.165, 1.54) is 0 Å². The Balaban J connectivity index is 2.24. The molecule has 0 saturated carbocycles. The minimum absolute atomic E-state index is 0.267. The zero-order valence-corrected chi connectivity index (χ0v) is 16.4. The van der Waals surface area contributed by atoms with Gasteiger partial charge in [-0.05, 0) is 38.0 Å². The van der Waals surface area contributed by atoms with Crippen LogP contribution in [0, 0.1) is 0 Å². The summed E-state index contributed by atoms with van der Waals surface area (Å²) in [4.78, 5) is 17.6. The molecular weight excluding hydrogens is 344 g/mol. The van der Waals surface area contributed by atoms with Crippen LogP contribution in [0.2, 0.25) is 0 Å². The highest BCUT2D eigenvalue weighted by Gasteiger charge is 2.08. The van der Waals surface area contributed by atoms with Crippen molar-refractivity contribution in [3.8, 4) is 0 Å². The Morgan fingerprint density at radius 2 is 1.89 bits per heavy atom. The minimum atomic E-state index is -0.267. The maximum Gasteiger partial charge on any atom is 0.315 e. The van der Waals surface area contributed by atoms with E-state index in [4.69, 9.17) is 15.3 Å². The molecule has 1 aromatic carbocycles. The Labute approximate surface area is 162 Å². The number of nitrogens with two attached hydrogens (primary N) is 1. The highest BCUT2D eigenvalue weighted by atomic mass is 16.7. The monoisotopic (exact) mass is 376 g/mol. The molecule has 0 atom stereocenters. The Bertz CT molecular complexity index is 602. The minimum Gasteiger partial charge on any atom is -0.499 e. The predicted octanol–water partition coefficient (Wildman–Crippen LogP) is 3.17. The van der Waals surface area contributed by atoms with Crippen molar-refractivity contribution in [3.63, 3.8) is 0 Å². The quantitative estimate of drug-likeness (QED) is 0.213. The molecule has 1 rings (SSSR count). The molecule has 150 valence electrons. The number of nitrogens with zero attached hydrogens (tertiary/aromatic N) is 1. The van der Waals surface area contributed by atoms with E-state index in [0.717, 1.165) is 24.2 Å². The summed E-state index contributed by atoms with van der Waals surface area (Å²) in [6, 6.07) is 7.09. The van der Waals surface area contributed by atoms with E-state index in [9.17, 15) is 4.79 Å². The van der Waals surface area contributed by atoms with Gasteiger partial charge in [0.1, 0.15) is 0 Å². The summed E-state index contributed by atoms with van der Waals surface area (Å²) in [7, 11) is 0. The zero-order chi connectivity index (χ0) is 20.1. The van der Waals surface area contributed by atoms with Crippen LogP contribution >= 0.6 is 0 Å². The molecule has 0 saturated heterocycles. The van der Waals surface area contributed by atoms with Crippen LogP contribution in [0.15, 0.2) is 48.9 Å². The van der Waals surface area contributed by atoms with E-state index in [0.29, 0.717) is 44.2 Å². The molecule has 27 heavy (non-hydrogen) atoms. The maximum absolute atomic E-state index is 11.9. The first kappa shape index (κ1) is 22.4. The molecular formula is C20H32N4O3. The first-order valence-electron chi connectivity index (χ1n) is 9.21. The van der Waals surface area contributed by atoms with Gasteiger partial charge in [0.15, 0.2) is 0 Å². The SMILES string of the molecule is C=C(CCCON(CC)C(=C)CNC(=O)NCc1ccc(N)cc1)OCC. The van der Waals surface area contributed by atoms with Crippen molar-refractivity contribution in [3.05, 3.63) is 54.4 Å². The number of anilines is 1. The number of benzene rings is 1. The number of rotatable bonds is 13. The van der Waals surface area contributed by atoms with Crippen LogP contribution in [-0.2, 0) is 16.1 Å². The normalized spacial score (nSPS) is 10.1. The van der Waals surface area contributed by atoms with Gasteiger partial charge in [-0.1, -0.05) is 25.3 Å².